The summed E-state index contributed by atoms with van der Waals surface area (Å²) < 4.78 is 19.6. The van der Waals surface area contributed by atoms with Gasteiger partial charge in [0.05, 0.1) is 30.6 Å². The van der Waals surface area contributed by atoms with Crippen LogP contribution in [0.5, 0.6) is 0 Å². The molecule has 10 heteroatoms. The lowest BCUT2D eigenvalue weighted by Crippen LogP contribution is -2.34. The largest absolute Gasteiger partial charge is 0.465 e. The second-order valence-corrected chi connectivity index (χ2v) is 15.6. The predicted octanol–water partition coefficient (Wildman–Crippen LogP) is 4.26. The van der Waals surface area contributed by atoms with Crippen molar-refractivity contribution < 1.29 is 24.1 Å². The number of carboxylic acid groups (broad SMARTS) is 1. The number of aromatic nitrogens is 3. The van der Waals surface area contributed by atoms with Gasteiger partial charge in [-0.05, 0) is 25.0 Å². The number of rotatable bonds is 7. The normalized spacial score (nSPS) is 19.1. The zero-order chi connectivity index (χ0) is 22.9. The van der Waals surface area contributed by atoms with Gasteiger partial charge in [-0.25, -0.2) is 14.5 Å². The number of anilines is 1. The zero-order valence-electron chi connectivity index (χ0n) is 19.5. The van der Waals surface area contributed by atoms with E-state index in [0.717, 1.165) is 53.2 Å². The SMILES string of the molecule is CN(C(=O)O)c1cc2c(C3CCC4(CC3)OCCO4)nn(COCC[Si](C)(C)C)c2cn1. The molecule has 1 N–H and O–H groups in total. The summed E-state index contributed by atoms with van der Waals surface area (Å²) in [5.74, 6) is 0.218. The molecule has 1 aliphatic heterocycles. The minimum Gasteiger partial charge on any atom is -0.465 e. The molecule has 2 aromatic heterocycles. The van der Waals surface area contributed by atoms with Gasteiger partial charge >= 0.3 is 6.09 Å². The molecule has 3 heterocycles. The smallest absolute Gasteiger partial charge is 0.412 e. The quantitative estimate of drug-likeness (QED) is 0.485. The van der Waals surface area contributed by atoms with E-state index in [4.69, 9.17) is 19.3 Å². The van der Waals surface area contributed by atoms with Gasteiger partial charge in [-0.1, -0.05) is 19.6 Å². The van der Waals surface area contributed by atoms with E-state index in [0.29, 0.717) is 32.4 Å². The molecule has 2 aliphatic rings. The molecular formula is C22H34N4O5Si. The lowest BCUT2D eigenvalue weighted by atomic mass is 9.82. The number of hydrogen-bond donors (Lipinski definition) is 1. The van der Waals surface area contributed by atoms with Crippen LogP contribution in [-0.4, -0.2) is 66.7 Å². The molecule has 0 bridgehead atoms. The molecule has 2 aromatic rings. The summed E-state index contributed by atoms with van der Waals surface area (Å²) in [4.78, 5) is 16.9. The highest BCUT2D eigenvalue weighted by molar-refractivity contribution is 6.76. The summed E-state index contributed by atoms with van der Waals surface area (Å²) in [6.45, 7) is 9.38. The first-order valence-corrected chi connectivity index (χ1v) is 15.1. The van der Waals surface area contributed by atoms with Crippen LogP contribution >= 0.6 is 0 Å². The molecule has 1 amide bonds. The number of amides is 1. The monoisotopic (exact) mass is 462 g/mol. The molecule has 2 fully saturated rings. The van der Waals surface area contributed by atoms with Crippen LogP contribution in [-0.2, 0) is 20.9 Å². The average molecular weight is 463 g/mol. The Labute approximate surface area is 189 Å². The van der Waals surface area contributed by atoms with Gasteiger partial charge in [0.25, 0.3) is 0 Å². The van der Waals surface area contributed by atoms with Crippen molar-refractivity contribution in [2.75, 3.05) is 31.8 Å². The standard InChI is InChI=1S/C22H34N4O5Si/c1-25(21(27)28)19-13-17-18(14-23-19)26(15-29-11-12-32(2,3)4)24-20(17)16-5-7-22(8-6-16)30-9-10-31-22/h13-14,16H,5-12,15H2,1-4H3,(H,27,28). The third-order valence-electron chi connectivity index (χ3n) is 6.44. The Balaban J connectivity index is 1.59. The highest BCUT2D eigenvalue weighted by Gasteiger charge is 2.41. The fourth-order valence-corrected chi connectivity index (χ4v) is 5.17. The Morgan fingerprint density at radius 3 is 2.62 bits per heavy atom. The average Bonchev–Trinajstić information content (AvgIpc) is 3.35. The first-order valence-electron chi connectivity index (χ1n) is 11.4. The molecule has 1 aliphatic carbocycles. The Bertz CT molecular complexity index is 957. The van der Waals surface area contributed by atoms with Crippen molar-refractivity contribution in [1.29, 1.82) is 0 Å². The first-order chi connectivity index (χ1) is 15.2. The van der Waals surface area contributed by atoms with Crippen molar-refractivity contribution in [2.45, 2.75) is 69.8 Å². The maximum absolute atomic E-state index is 11.4. The molecular weight excluding hydrogens is 428 g/mol. The summed E-state index contributed by atoms with van der Waals surface area (Å²) >= 11 is 0. The lowest BCUT2D eigenvalue weighted by molar-refractivity contribution is -0.178. The number of pyridine rings is 1. The van der Waals surface area contributed by atoms with E-state index in [9.17, 15) is 9.90 Å². The number of carbonyl (C=O) groups is 1. The Morgan fingerprint density at radius 1 is 1.31 bits per heavy atom. The molecule has 0 atom stereocenters. The van der Waals surface area contributed by atoms with E-state index in [1.807, 2.05) is 10.7 Å². The van der Waals surface area contributed by atoms with E-state index >= 15 is 0 Å². The second kappa shape index (κ2) is 9.09. The maximum atomic E-state index is 11.4. The van der Waals surface area contributed by atoms with Crippen LogP contribution in [0.1, 0.15) is 37.3 Å². The molecule has 176 valence electrons. The molecule has 32 heavy (non-hydrogen) atoms. The number of ether oxygens (including phenoxy) is 3. The molecule has 1 saturated heterocycles. The molecule has 9 nitrogen and oxygen atoms in total. The minimum absolute atomic E-state index is 0.254. The van der Waals surface area contributed by atoms with Gasteiger partial charge in [0.2, 0.25) is 0 Å². The van der Waals surface area contributed by atoms with E-state index in [2.05, 4.69) is 24.6 Å². The van der Waals surface area contributed by atoms with Crippen LogP contribution in [0.15, 0.2) is 12.3 Å². The Kier molecular flexibility index (Phi) is 6.58. The van der Waals surface area contributed by atoms with E-state index in [1.165, 1.54) is 7.05 Å². The lowest BCUT2D eigenvalue weighted by Gasteiger charge is -2.34. The van der Waals surface area contributed by atoms with Crippen LogP contribution in [0.3, 0.4) is 0 Å². The molecule has 1 spiro atoms. The van der Waals surface area contributed by atoms with Crippen molar-refractivity contribution in [3.8, 4) is 0 Å². The van der Waals surface area contributed by atoms with Gasteiger partial charge in [-0.2, -0.15) is 5.10 Å². The minimum atomic E-state index is -1.17. The second-order valence-electron chi connectivity index (χ2n) is 10.0. The highest BCUT2D eigenvalue weighted by atomic mass is 28.3. The van der Waals surface area contributed by atoms with Crippen LogP contribution < -0.4 is 4.90 Å². The number of fused-ring (bicyclic) bond motifs is 1. The van der Waals surface area contributed by atoms with Gasteiger partial charge in [0.1, 0.15) is 12.5 Å². The van der Waals surface area contributed by atoms with Crippen molar-refractivity contribution in [3.05, 3.63) is 18.0 Å². The Hall–Kier alpha value is -2.01. The van der Waals surface area contributed by atoms with Crippen molar-refractivity contribution in [1.82, 2.24) is 14.8 Å². The fraction of sp³-hybridized carbons (Fsp3) is 0.682. The summed E-state index contributed by atoms with van der Waals surface area (Å²) in [6, 6.07) is 2.92. The van der Waals surface area contributed by atoms with Crippen LogP contribution in [0.4, 0.5) is 10.6 Å². The van der Waals surface area contributed by atoms with Crippen molar-refractivity contribution in [2.24, 2.45) is 0 Å². The first kappa shape index (κ1) is 23.2. The van der Waals surface area contributed by atoms with Gasteiger partial charge in [-0.15, -0.1) is 0 Å². The summed E-state index contributed by atoms with van der Waals surface area (Å²) in [5.41, 5.74) is 1.84. The van der Waals surface area contributed by atoms with Gasteiger partial charge in [-0.3, -0.25) is 4.90 Å². The predicted molar refractivity (Wildman–Crippen MR) is 124 cm³/mol. The molecule has 0 aromatic carbocycles. The fourth-order valence-electron chi connectivity index (χ4n) is 4.41. The van der Waals surface area contributed by atoms with E-state index < -0.39 is 20.0 Å². The van der Waals surface area contributed by atoms with Gasteiger partial charge < -0.3 is 19.3 Å². The van der Waals surface area contributed by atoms with Gasteiger partial charge in [0, 0.05) is 45.9 Å². The topological polar surface area (TPSA) is 98.9 Å². The number of hydrogen-bond acceptors (Lipinski definition) is 6. The number of nitrogens with zero attached hydrogens (tertiary/aromatic N) is 4. The summed E-state index contributed by atoms with van der Waals surface area (Å²) in [6.07, 6.45) is 4.16. The van der Waals surface area contributed by atoms with Crippen LogP contribution in [0.25, 0.3) is 10.9 Å². The van der Waals surface area contributed by atoms with E-state index in [-0.39, 0.29) is 5.92 Å². The Morgan fingerprint density at radius 2 is 2.00 bits per heavy atom. The summed E-state index contributed by atoms with van der Waals surface area (Å²) in [5, 5.41) is 15.2. The molecule has 0 unspecified atom stereocenters. The summed E-state index contributed by atoms with van der Waals surface area (Å²) in [7, 11) is 0.330. The molecule has 4 rings (SSSR count). The van der Waals surface area contributed by atoms with E-state index in [1.54, 1.807) is 6.20 Å². The van der Waals surface area contributed by atoms with Gasteiger partial charge in [0.15, 0.2) is 5.79 Å². The third-order valence-corrected chi connectivity index (χ3v) is 8.14. The maximum Gasteiger partial charge on any atom is 0.412 e. The molecule has 1 saturated carbocycles. The molecule has 0 radical (unpaired) electrons. The van der Waals surface area contributed by atoms with Crippen molar-refractivity contribution in [3.63, 3.8) is 0 Å². The third kappa shape index (κ3) is 4.98. The van der Waals surface area contributed by atoms with Crippen LogP contribution in [0, 0.1) is 0 Å². The van der Waals surface area contributed by atoms with Crippen molar-refractivity contribution >= 4 is 30.9 Å². The highest BCUT2D eigenvalue weighted by Crippen LogP contribution is 2.43. The zero-order valence-corrected chi connectivity index (χ0v) is 20.5. The van der Waals surface area contributed by atoms with Crippen LogP contribution in [0.2, 0.25) is 25.7 Å².